The van der Waals surface area contributed by atoms with Gasteiger partial charge in [-0.3, -0.25) is 14.7 Å². The van der Waals surface area contributed by atoms with Crippen LogP contribution in [0.5, 0.6) is 0 Å². The Balaban J connectivity index is 0.000000493. The molecule has 1 aliphatic heterocycles. The third kappa shape index (κ3) is 5.93. The minimum absolute atomic E-state index is 0.0394. The highest BCUT2D eigenvalue weighted by atomic mass is 19.4. The van der Waals surface area contributed by atoms with Crippen LogP contribution in [0.2, 0.25) is 0 Å². The third-order valence-corrected chi connectivity index (χ3v) is 7.75. The van der Waals surface area contributed by atoms with Gasteiger partial charge in [-0.25, -0.2) is 4.79 Å². The number of halogens is 3. The van der Waals surface area contributed by atoms with Crippen LogP contribution >= 0.6 is 0 Å². The molecule has 2 heterocycles. The second kappa shape index (κ2) is 11.6. The zero-order valence-electron chi connectivity index (χ0n) is 23.9. The van der Waals surface area contributed by atoms with Crippen molar-refractivity contribution >= 4 is 46.5 Å². The number of rotatable bonds is 7. The summed E-state index contributed by atoms with van der Waals surface area (Å²) in [6.07, 6.45) is -0.273. The number of nitrogens with two attached hydrogens (primary N) is 1. The average molecular weight is 606 g/mol. The number of carbonyl (C=O) groups excluding carboxylic acids is 2. The Kier molecular flexibility index (Phi) is 8.04. The molecule has 6 rings (SSSR count). The van der Waals surface area contributed by atoms with Gasteiger partial charge in [0.15, 0.2) is 0 Å². The number of H-pyrrole nitrogens is 1. The quantitative estimate of drug-likeness (QED) is 0.280. The first-order valence-corrected chi connectivity index (χ1v) is 13.7. The summed E-state index contributed by atoms with van der Waals surface area (Å²) in [6.45, 7) is 0.816. The Labute approximate surface area is 250 Å². The molecule has 0 radical (unpaired) electrons. The van der Waals surface area contributed by atoms with Gasteiger partial charge in [0.25, 0.3) is 0 Å². The maximum Gasteiger partial charge on any atom is 0.490 e. The van der Waals surface area contributed by atoms with Crippen LogP contribution in [0.4, 0.5) is 18.9 Å². The summed E-state index contributed by atoms with van der Waals surface area (Å²) in [4.78, 5) is 37.8. The van der Waals surface area contributed by atoms with Crippen molar-refractivity contribution in [3.05, 3.63) is 94.7 Å². The van der Waals surface area contributed by atoms with Gasteiger partial charge in [-0.15, -0.1) is 0 Å². The Morgan fingerprint density at radius 3 is 2.43 bits per heavy atom. The lowest BCUT2D eigenvalue weighted by Crippen LogP contribution is -2.39. The molecule has 1 saturated carbocycles. The number of alkyl halides is 3. The normalized spacial score (nSPS) is 19.0. The fraction of sp³-hybridized carbons (Fsp3) is 0.250. The first-order valence-electron chi connectivity index (χ1n) is 13.7. The molecule has 12 heteroatoms. The van der Waals surface area contributed by atoms with E-state index in [1.54, 1.807) is 4.90 Å². The largest absolute Gasteiger partial charge is 0.490 e. The number of aromatic amines is 1. The maximum absolute atomic E-state index is 13.5. The van der Waals surface area contributed by atoms with Crippen molar-refractivity contribution in [3.8, 4) is 0 Å². The zero-order valence-corrected chi connectivity index (χ0v) is 23.9. The van der Waals surface area contributed by atoms with Gasteiger partial charge in [0.05, 0.1) is 16.6 Å². The van der Waals surface area contributed by atoms with Crippen LogP contribution in [0, 0.1) is 0 Å². The minimum atomic E-state index is -5.08. The highest BCUT2D eigenvalue weighted by Gasteiger charge is 2.67. The molecule has 44 heavy (non-hydrogen) atoms. The average Bonchev–Trinajstić information content (AvgIpc) is 3.53. The lowest BCUT2D eigenvalue weighted by atomic mass is 9.92. The molecule has 9 nitrogen and oxygen atoms in total. The van der Waals surface area contributed by atoms with E-state index in [2.05, 4.69) is 77.7 Å². The van der Waals surface area contributed by atoms with Gasteiger partial charge in [-0.05, 0) is 61.0 Å². The Bertz CT molecular complexity index is 1760. The number of amides is 2. The third-order valence-electron chi connectivity index (χ3n) is 7.75. The highest BCUT2D eigenvalue weighted by molar-refractivity contribution is 6.13. The van der Waals surface area contributed by atoms with Crippen LogP contribution in [0.25, 0.3) is 23.1 Å². The summed E-state index contributed by atoms with van der Waals surface area (Å²) < 4.78 is 31.7. The number of carbonyl (C=O) groups is 3. The van der Waals surface area contributed by atoms with Gasteiger partial charge in [0.2, 0.25) is 11.8 Å². The standard InChI is InChI=1S/C30H29N5O2.C2HF3O2/c1-34(2)17-20-9-7-19(8-10-20)11-14-25-22-13-12-21(15-26(22)33-32-25)24-16-30(24)23-5-3-4-6-27(23)35(29(30)37)18-28(31)36;3-2(4,5)1(6)7/h3-15,24H,16-18H2,1-2H3,(H2,31,36)(H,32,33);(H,6,7)/t24-,30-;/m0./s1. The second-order valence-electron chi connectivity index (χ2n) is 11.1. The van der Waals surface area contributed by atoms with Crippen molar-refractivity contribution in [3.63, 3.8) is 0 Å². The molecule has 4 aromatic rings. The Morgan fingerprint density at radius 2 is 1.80 bits per heavy atom. The molecule has 2 atom stereocenters. The number of para-hydroxylation sites is 1. The predicted octanol–water partition coefficient (Wildman–Crippen LogP) is 4.69. The molecule has 0 unspecified atom stereocenters. The number of hydrogen-bond donors (Lipinski definition) is 3. The van der Waals surface area contributed by atoms with Crippen molar-refractivity contribution < 1.29 is 32.7 Å². The number of nitrogens with zero attached hydrogens (tertiary/aromatic N) is 3. The molecule has 228 valence electrons. The van der Waals surface area contributed by atoms with E-state index < -0.39 is 23.5 Å². The molecule has 0 saturated heterocycles. The highest BCUT2D eigenvalue weighted by Crippen LogP contribution is 2.66. The van der Waals surface area contributed by atoms with Crippen molar-refractivity contribution in [2.24, 2.45) is 5.73 Å². The van der Waals surface area contributed by atoms with Gasteiger partial charge in [-0.2, -0.15) is 18.3 Å². The number of carboxylic acids is 1. The van der Waals surface area contributed by atoms with Crippen LogP contribution < -0.4 is 10.6 Å². The number of nitrogens with one attached hydrogen (secondary N) is 1. The van der Waals surface area contributed by atoms with Gasteiger partial charge in [0, 0.05) is 23.5 Å². The monoisotopic (exact) mass is 605 g/mol. The lowest BCUT2D eigenvalue weighted by molar-refractivity contribution is -0.192. The number of fused-ring (bicyclic) bond motifs is 3. The molecule has 1 aromatic heterocycles. The van der Waals surface area contributed by atoms with Crippen LogP contribution in [-0.4, -0.2) is 64.8 Å². The van der Waals surface area contributed by atoms with E-state index in [0.717, 1.165) is 45.5 Å². The lowest BCUT2D eigenvalue weighted by Gasteiger charge is -2.16. The van der Waals surface area contributed by atoms with E-state index in [4.69, 9.17) is 15.6 Å². The van der Waals surface area contributed by atoms with Gasteiger partial charge >= 0.3 is 12.1 Å². The number of carboxylic acid groups (broad SMARTS) is 1. The predicted molar refractivity (Wildman–Crippen MR) is 160 cm³/mol. The number of aliphatic carboxylic acids is 1. The van der Waals surface area contributed by atoms with Crippen LogP contribution in [0.1, 0.15) is 40.3 Å². The smallest absolute Gasteiger partial charge is 0.475 e. The van der Waals surface area contributed by atoms with Crippen molar-refractivity contribution in [2.45, 2.75) is 30.5 Å². The first kappa shape index (κ1) is 30.5. The molecular formula is C32H30F3N5O4. The summed E-state index contributed by atoms with van der Waals surface area (Å²) >= 11 is 0. The van der Waals surface area contributed by atoms with E-state index in [1.807, 2.05) is 30.3 Å². The van der Waals surface area contributed by atoms with Gasteiger partial charge in [0.1, 0.15) is 6.54 Å². The summed E-state index contributed by atoms with van der Waals surface area (Å²) in [5.74, 6) is -3.26. The molecule has 4 N–H and O–H groups in total. The number of anilines is 1. The summed E-state index contributed by atoms with van der Waals surface area (Å²) in [6, 6.07) is 22.5. The fourth-order valence-corrected chi connectivity index (χ4v) is 5.74. The van der Waals surface area contributed by atoms with Gasteiger partial charge < -0.3 is 20.6 Å². The Hall–Kier alpha value is -4.97. The minimum Gasteiger partial charge on any atom is -0.475 e. The second-order valence-corrected chi connectivity index (χ2v) is 11.1. The zero-order chi connectivity index (χ0) is 31.8. The SMILES string of the molecule is CN(C)Cc1ccc(C=Cc2n[nH]c3cc([C@@H]4C[C@@]45C(=O)N(CC(N)=O)c4ccccc45)ccc23)cc1.O=C(O)C(F)(F)F. The molecule has 3 aromatic carbocycles. The maximum atomic E-state index is 13.5. The van der Waals surface area contributed by atoms with E-state index in [-0.39, 0.29) is 18.4 Å². The summed E-state index contributed by atoms with van der Waals surface area (Å²) in [7, 11) is 4.13. The summed E-state index contributed by atoms with van der Waals surface area (Å²) in [5, 5.41) is 15.8. The molecule has 2 amide bonds. The number of aromatic nitrogens is 2. The number of primary amides is 1. The Morgan fingerprint density at radius 1 is 1.11 bits per heavy atom. The van der Waals surface area contributed by atoms with Crippen molar-refractivity contribution in [2.75, 3.05) is 25.5 Å². The topological polar surface area (TPSA) is 133 Å². The fourth-order valence-electron chi connectivity index (χ4n) is 5.74. The molecule has 1 aliphatic carbocycles. The first-order chi connectivity index (χ1) is 20.8. The van der Waals surface area contributed by atoms with Crippen LogP contribution in [-0.2, 0) is 26.3 Å². The van der Waals surface area contributed by atoms with Crippen molar-refractivity contribution in [1.29, 1.82) is 0 Å². The molecule has 1 spiro atoms. The van der Waals surface area contributed by atoms with E-state index in [9.17, 15) is 22.8 Å². The summed E-state index contributed by atoms with van der Waals surface area (Å²) in [5.41, 5.74) is 11.9. The van der Waals surface area contributed by atoms with E-state index in [0.29, 0.717) is 6.42 Å². The van der Waals surface area contributed by atoms with Crippen LogP contribution in [0.3, 0.4) is 0 Å². The number of hydrogen-bond acceptors (Lipinski definition) is 5. The molecule has 0 bridgehead atoms. The van der Waals surface area contributed by atoms with Gasteiger partial charge in [-0.1, -0.05) is 60.7 Å². The van der Waals surface area contributed by atoms with Crippen molar-refractivity contribution in [1.82, 2.24) is 15.1 Å². The molecular weight excluding hydrogens is 575 g/mol. The van der Waals surface area contributed by atoms with Crippen LogP contribution in [0.15, 0.2) is 66.7 Å². The van der Waals surface area contributed by atoms with E-state index in [1.165, 1.54) is 5.56 Å². The number of benzene rings is 3. The molecule has 1 fully saturated rings. The molecule has 2 aliphatic rings. The van der Waals surface area contributed by atoms with E-state index >= 15 is 0 Å².